The van der Waals surface area contributed by atoms with Gasteiger partial charge < -0.3 is 15.8 Å². The zero-order valence-corrected chi connectivity index (χ0v) is 11.5. The lowest BCUT2D eigenvalue weighted by molar-refractivity contribution is -0.142. The Morgan fingerprint density at radius 1 is 1.56 bits per heavy atom. The van der Waals surface area contributed by atoms with Crippen molar-refractivity contribution in [1.82, 2.24) is 9.78 Å². The van der Waals surface area contributed by atoms with Crippen LogP contribution < -0.4 is 11.1 Å². The van der Waals surface area contributed by atoms with E-state index >= 15 is 0 Å². The van der Waals surface area contributed by atoms with E-state index in [1.54, 1.807) is 6.92 Å². The molecule has 0 fully saturated rings. The number of hydrogen-bond donors (Lipinski definition) is 2. The van der Waals surface area contributed by atoms with Crippen LogP contribution in [0.5, 0.6) is 0 Å². The molecule has 0 bridgehead atoms. The first-order chi connectivity index (χ1) is 8.47. The summed E-state index contributed by atoms with van der Waals surface area (Å²) in [6, 6.07) is 0.214. The van der Waals surface area contributed by atoms with Crippen LogP contribution in [0, 0.1) is 6.92 Å². The van der Waals surface area contributed by atoms with E-state index in [9.17, 15) is 4.79 Å². The van der Waals surface area contributed by atoms with Crippen molar-refractivity contribution in [1.29, 1.82) is 0 Å². The molecule has 1 rings (SSSR count). The van der Waals surface area contributed by atoms with Crippen LogP contribution in [-0.2, 0) is 9.53 Å². The third kappa shape index (κ3) is 3.38. The average Bonchev–Trinajstić information content (AvgIpc) is 2.57. The molecule has 0 saturated carbocycles. The number of hydrogen-bond acceptors (Lipinski definition) is 5. The summed E-state index contributed by atoms with van der Waals surface area (Å²) in [6.45, 7) is 8.61. The van der Waals surface area contributed by atoms with Gasteiger partial charge in [-0.05, 0) is 27.7 Å². The monoisotopic (exact) mass is 254 g/mol. The van der Waals surface area contributed by atoms with E-state index in [-0.39, 0.29) is 12.0 Å². The molecule has 1 aromatic rings. The van der Waals surface area contributed by atoms with Crippen LogP contribution in [0.3, 0.4) is 0 Å². The number of nitrogens with one attached hydrogen (secondary N) is 1. The molecule has 0 atom stereocenters. The molecule has 1 heterocycles. The molecular formula is C12H22N4O2. The summed E-state index contributed by atoms with van der Waals surface area (Å²) in [4.78, 5) is 11.2. The molecule has 6 nitrogen and oxygen atoms in total. The zero-order valence-electron chi connectivity index (χ0n) is 11.5. The van der Waals surface area contributed by atoms with Gasteiger partial charge in [0.1, 0.15) is 5.82 Å². The van der Waals surface area contributed by atoms with E-state index in [1.165, 1.54) is 0 Å². The highest BCUT2D eigenvalue weighted by Gasteiger charge is 2.14. The Kier molecular flexibility index (Phi) is 5.00. The molecule has 0 aliphatic heterocycles. The molecular weight excluding hydrogens is 232 g/mol. The van der Waals surface area contributed by atoms with Gasteiger partial charge in [-0.2, -0.15) is 5.10 Å². The molecule has 102 valence electrons. The second-order valence-corrected chi connectivity index (χ2v) is 4.37. The summed E-state index contributed by atoms with van der Waals surface area (Å²) < 4.78 is 6.69. The highest BCUT2D eigenvalue weighted by Crippen LogP contribution is 2.25. The summed E-state index contributed by atoms with van der Waals surface area (Å²) in [5, 5.41) is 7.50. The van der Waals surface area contributed by atoms with E-state index in [0.29, 0.717) is 25.3 Å². The standard InChI is InChI=1S/C12H22N4O2/c1-5-18-10(17)6-7-14-12-11(13)9(4)15-16(12)8(2)3/h8,14H,5-7,13H2,1-4H3. The molecule has 6 heteroatoms. The van der Waals surface area contributed by atoms with Crippen molar-refractivity contribution in [3.05, 3.63) is 5.69 Å². The molecule has 0 amide bonds. The van der Waals surface area contributed by atoms with Crippen molar-refractivity contribution in [3.8, 4) is 0 Å². The van der Waals surface area contributed by atoms with Crippen molar-refractivity contribution in [2.75, 3.05) is 24.2 Å². The molecule has 0 aliphatic rings. The Labute approximate surface area is 107 Å². The lowest BCUT2D eigenvalue weighted by atomic mass is 10.3. The van der Waals surface area contributed by atoms with Crippen LogP contribution in [0.1, 0.15) is 38.9 Å². The van der Waals surface area contributed by atoms with E-state index in [1.807, 2.05) is 25.5 Å². The summed E-state index contributed by atoms with van der Waals surface area (Å²) in [5.74, 6) is 0.558. The zero-order chi connectivity index (χ0) is 13.7. The fraction of sp³-hybridized carbons (Fsp3) is 0.667. The van der Waals surface area contributed by atoms with Crippen LogP contribution in [0.15, 0.2) is 0 Å². The normalized spacial score (nSPS) is 10.7. The molecule has 0 saturated heterocycles. The summed E-state index contributed by atoms with van der Waals surface area (Å²) in [5.41, 5.74) is 7.38. The van der Waals surface area contributed by atoms with Gasteiger partial charge in [-0.15, -0.1) is 0 Å². The van der Waals surface area contributed by atoms with E-state index < -0.39 is 0 Å². The topological polar surface area (TPSA) is 82.2 Å². The SMILES string of the molecule is CCOC(=O)CCNc1c(N)c(C)nn1C(C)C. The maximum atomic E-state index is 11.2. The predicted molar refractivity (Wildman–Crippen MR) is 71.5 cm³/mol. The van der Waals surface area contributed by atoms with Gasteiger partial charge in [0.2, 0.25) is 0 Å². The van der Waals surface area contributed by atoms with Crippen molar-refractivity contribution in [2.24, 2.45) is 0 Å². The van der Waals surface area contributed by atoms with Crippen molar-refractivity contribution in [2.45, 2.75) is 40.2 Å². The first-order valence-electron chi connectivity index (χ1n) is 6.21. The third-order valence-corrected chi connectivity index (χ3v) is 2.55. The van der Waals surface area contributed by atoms with Crippen LogP contribution in [0.2, 0.25) is 0 Å². The number of esters is 1. The Balaban J connectivity index is 2.64. The highest BCUT2D eigenvalue weighted by atomic mass is 16.5. The number of aryl methyl sites for hydroxylation is 1. The summed E-state index contributed by atoms with van der Waals surface area (Å²) in [7, 11) is 0. The Morgan fingerprint density at radius 2 is 2.22 bits per heavy atom. The first-order valence-corrected chi connectivity index (χ1v) is 6.21. The van der Waals surface area contributed by atoms with Gasteiger partial charge >= 0.3 is 5.97 Å². The highest BCUT2D eigenvalue weighted by molar-refractivity contribution is 5.71. The molecule has 0 aliphatic carbocycles. The van der Waals surface area contributed by atoms with Crippen molar-refractivity contribution < 1.29 is 9.53 Å². The first kappa shape index (κ1) is 14.3. The van der Waals surface area contributed by atoms with Gasteiger partial charge in [-0.25, -0.2) is 4.68 Å². The van der Waals surface area contributed by atoms with Crippen LogP contribution in [0.4, 0.5) is 11.5 Å². The Hall–Kier alpha value is -1.72. The maximum absolute atomic E-state index is 11.2. The minimum Gasteiger partial charge on any atom is -0.466 e. The van der Waals surface area contributed by atoms with Gasteiger partial charge in [0.25, 0.3) is 0 Å². The fourth-order valence-corrected chi connectivity index (χ4v) is 1.63. The molecule has 1 aromatic heterocycles. The third-order valence-electron chi connectivity index (χ3n) is 2.55. The summed E-state index contributed by atoms with van der Waals surface area (Å²) in [6.07, 6.45) is 0.315. The number of nitrogen functional groups attached to an aromatic ring is 1. The number of anilines is 2. The predicted octanol–water partition coefficient (Wildman–Crippen LogP) is 1.72. The summed E-state index contributed by atoms with van der Waals surface area (Å²) >= 11 is 0. The number of nitrogens with two attached hydrogens (primary N) is 1. The largest absolute Gasteiger partial charge is 0.466 e. The lowest BCUT2D eigenvalue weighted by Crippen LogP contribution is -2.15. The number of rotatable bonds is 6. The number of nitrogens with zero attached hydrogens (tertiary/aromatic N) is 2. The molecule has 0 aromatic carbocycles. The van der Waals surface area contributed by atoms with Crippen LogP contribution in [-0.4, -0.2) is 28.9 Å². The molecule has 0 unspecified atom stereocenters. The second-order valence-electron chi connectivity index (χ2n) is 4.37. The van der Waals surface area contributed by atoms with Crippen molar-refractivity contribution >= 4 is 17.5 Å². The van der Waals surface area contributed by atoms with E-state index in [0.717, 1.165) is 11.5 Å². The second kappa shape index (κ2) is 6.28. The lowest BCUT2D eigenvalue weighted by Gasteiger charge is -2.13. The smallest absolute Gasteiger partial charge is 0.307 e. The number of ether oxygens (including phenoxy) is 1. The molecule has 18 heavy (non-hydrogen) atoms. The number of carbonyl (C=O) groups is 1. The van der Waals surface area contributed by atoms with Gasteiger partial charge in [-0.1, -0.05) is 0 Å². The van der Waals surface area contributed by atoms with Crippen LogP contribution in [0.25, 0.3) is 0 Å². The van der Waals surface area contributed by atoms with Crippen LogP contribution >= 0.6 is 0 Å². The molecule has 3 N–H and O–H groups in total. The Morgan fingerprint density at radius 3 is 2.78 bits per heavy atom. The molecule has 0 radical (unpaired) electrons. The van der Waals surface area contributed by atoms with Gasteiger partial charge in [-0.3, -0.25) is 4.79 Å². The molecule has 0 spiro atoms. The number of aromatic nitrogens is 2. The number of carbonyl (C=O) groups excluding carboxylic acids is 1. The average molecular weight is 254 g/mol. The van der Waals surface area contributed by atoms with Crippen molar-refractivity contribution in [3.63, 3.8) is 0 Å². The Bertz CT molecular complexity index is 412. The minimum absolute atomic E-state index is 0.212. The van der Waals surface area contributed by atoms with E-state index in [2.05, 4.69) is 10.4 Å². The quantitative estimate of drug-likeness (QED) is 0.755. The minimum atomic E-state index is -0.212. The van der Waals surface area contributed by atoms with Gasteiger partial charge in [0.15, 0.2) is 0 Å². The van der Waals surface area contributed by atoms with Gasteiger partial charge in [0, 0.05) is 12.6 Å². The van der Waals surface area contributed by atoms with Gasteiger partial charge in [0.05, 0.1) is 24.4 Å². The maximum Gasteiger partial charge on any atom is 0.307 e. The fourth-order valence-electron chi connectivity index (χ4n) is 1.63. The van der Waals surface area contributed by atoms with E-state index in [4.69, 9.17) is 10.5 Å².